The van der Waals surface area contributed by atoms with E-state index in [1.165, 1.54) is 6.39 Å². The zero-order chi connectivity index (χ0) is 26.5. The zero-order valence-electron chi connectivity index (χ0n) is 21.0. The highest BCUT2D eigenvalue weighted by Gasteiger charge is 2.33. The minimum absolute atomic E-state index is 0.0714. The number of hydrogen-bond donors (Lipinski definition) is 1. The molecule has 4 heterocycles. The number of anilines is 1. The molecule has 0 saturated carbocycles. The Balaban J connectivity index is 1.21. The molecule has 0 radical (unpaired) electrons. The summed E-state index contributed by atoms with van der Waals surface area (Å²) in [6.07, 6.45) is 5.80. The van der Waals surface area contributed by atoms with Gasteiger partial charge in [0.05, 0.1) is 23.1 Å². The summed E-state index contributed by atoms with van der Waals surface area (Å²) in [5.74, 6) is -0.248. The highest BCUT2D eigenvalue weighted by molar-refractivity contribution is 6.10. The lowest BCUT2D eigenvalue weighted by molar-refractivity contribution is -0.120. The number of oxazole rings is 2. The van der Waals surface area contributed by atoms with Crippen LogP contribution in [0.2, 0.25) is 0 Å². The van der Waals surface area contributed by atoms with Crippen molar-refractivity contribution in [2.24, 2.45) is 0 Å². The molecule has 9 nitrogen and oxygen atoms in total. The summed E-state index contributed by atoms with van der Waals surface area (Å²) in [6.45, 7) is 0. The fraction of sp³-hybridized carbons (Fsp3) is 0.133. The molecular weight excluding hydrogens is 494 g/mol. The molecule has 2 amide bonds. The number of carbonyl (C=O) groups excluding carboxylic acids is 2. The Hall–Kier alpha value is -5.18. The van der Waals surface area contributed by atoms with E-state index in [1.54, 1.807) is 18.1 Å². The van der Waals surface area contributed by atoms with E-state index in [2.05, 4.69) is 15.3 Å². The number of nitrogens with one attached hydrogen (secondary N) is 1. The van der Waals surface area contributed by atoms with Crippen molar-refractivity contribution in [3.8, 4) is 5.69 Å². The fourth-order valence-electron chi connectivity index (χ4n) is 5.33. The predicted octanol–water partition coefficient (Wildman–Crippen LogP) is 4.67. The Bertz CT molecular complexity index is 1870. The molecule has 0 bridgehead atoms. The van der Waals surface area contributed by atoms with Crippen LogP contribution in [0.5, 0.6) is 0 Å². The first-order valence-corrected chi connectivity index (χ1v) is 12.6. The molecule has 0 saturated heterocycles. The molecule has 0 fully saturated rings. The topological polar surface area (TPSA) is 106 Å². The average molecular weight is 518 g/mol. The molecule has 192 valence electrons. The van der Waals surface area contributed by atoms with Crippen molar-refractivity contribution in [1.82, 2.24) is 19.9 Å². The first kappa shape index (κ1) is 23.0. The lowest BCUT2D eigenvalue weighted by Crippen LogP contribution is -2.48. The maximum atomic E-state index is 13.5. The van der Waals surface area contributed by atoms with Crippen molar-refractivity contribution in [3.63, 3.8) is 0 Å². The lowest BCUT2D eigenvalue weighted by atomic mass is 10.1. The van der Waals surface area contributed by atoms with Gasteiger partial charge in [-0.1, -0.05) is 42.5 Å². The number of carbonyl (C=O) groups is 2. The molecule has 6 aromatic rings. The van der Waals surface area contributed by atoms with E-state index in [0.29, 0.717) is 24.2 Å². The molecule has 9 heteroatoms. The average Bonchev–Trinajstić information content (AvgIpc) is 3.70. The predicted molar refractivity (Wildman–Crippen MR) is 145 cm³/mol. The molecule has 1 aliphatic heterocycles. The minimum Gasteiger partial charge on any atom is -0.441 e. The van der Waals surface area contributed by atoms with Gasteiger partial charge in [0.2, 0.25) is 5.91 Å². The Morgan fingerprint density at radius 2 is 1.85 bits per heavy atom. The highest BCUT2D eigenvalue weighted by Crippen LogP contribution is 2.37. The SMILES string of the molecule is CN1C(=O)[C@@H](NC(=O)c2ncc(Cc3ccccc3)o2)Cc2cn(-c3cccc4ncoc34)c3cccc1c23. The monoisotopic (exact) mass is 517 g/mol. The quantitative estimate of drug-likeness (QED) is 0.356. The summed E-state index contributed by atoms with van der Waals surface area (Å²) < 4.78 is 13.5. The third-order valence-corrected chi connectivity index (χ3v) is 7.17. The molecule has 0 aliphatic carbocycles. The Kier molecular flexibility index (Phi) is 5.29. The normalized spacial score (nSPS) is 15.2. The number of hydrogen-bond acceptors (Lipinski definition) is 6. The van der Waals surface area contributed by atoms with Gasteiger partial charge in [0.25, 0.3) is 5.89 Å². The van der Waals surface area contributed by atoms with Gasteiger partial charge in [-0.15, -0.1) is 0 Å². The van der Waals surface area contributed by atoms with Gasteiger partial charge in [-0.25, -0.2) is 9.97 Å². The maximum Gasteiger partial charge on any atom is 0.307 e. The number of rotatable bonds is 5. The van der Waals surface area contributed by atoms with Crippen molar-refractivity contribution in [2.45, 2.75) is 18.9 Å². The Morgan fingerprint density at radius 3 is 2.72 bits per heavy atom. The van der Waals surface area contributed by atoms with Gasteiger partial charge in [-0.05, 0) is 35.4 Å². The molecule has 1 aliphatic rings. The summed E-state index contributed by atoms with van der Waals surface area (Å²) in [5, 5.41) is 3.81. The molecule has 3 aromatic carbocycles. The van der Waals surface area contributed by atoms with E-state index < -0.39 is 11.9 Å². The second kappa shape index (κ2) is 8.98. The van der Waals surface area contributed by atoms with Crippen molar-refractivity contribution < 1.29 is 18.4 Å². The number of aromatic nitrogens is 3. The van der Waals surface area contributed by atoms with Crippen LogP contribution in [0.15, 0.2) is 94.4 Å². The van der Waals surface area contributed by atoms with E-state index >= 15 is 0 Å². The van der Waals surface area contributed by atoms with Crippen LogP contribution in [-0.2, 0) is 17.6 Å². The number of amides is 2. The number of para-hydroxylation sites is 1. The van der Waals surface area contributed by atoms with E-state index in [9.17, 15) is 9.59 Å². The van der Waals surface area contributed by atoms with E-state index in [0.717, 1.165) is 38.9 Å². The Morgan fingerprint density at radius 1 is 1.03 bits per heavy atom. The van der Waals surface area contributed by atoms with Crippen LogP contribution in [0.4, 0.5) is 5.69 Å². The van der Waals surface area contributed by atoms with Crippen LogP contribution in [0, 0.1) is 0 Å². The van der Waals surface area contributed by atoms with E-state index in [4.69, 9.17) is 8.83 Å². The third-order valence-electron chi connectivity index (χ3n) is 7.17. The largest absolute Gasteiger partial charge is 0.441 e. The smallest absolute Gasteiger partial charge is 0.307 e. The van der Waals surface area contributed by atoms with Gasteiger partial charge >= 0.3 is 5.91 Å². The Labute approximate surface area is 222 Å². The van der Waals surface area contributed by atoms with Gasteiger partial charge in [-0.3, -0.25) is 9.59 Å². The molecule has 1 atom stereocenters. The first-order chi connectivity index (χ1) is 19.1. The van der Waals surface area contributed by atoms with Crippen LogP contribution in [-0.4, -0.2) is 39.4 Å². The van der Waals surface area contributed by atoms with Crippen LogP contribution in [0.25, 0.3) is 27.7 Å². The van der Waals surface area contributed by atoms with Crippen molar-refractivity contribution in [3.05, 3.63) is 108 Å². The van der Waals surface area contributed by atoms with Gasteiger partial charge in [0.15, 0.2) is 12.0 Å². The van der Waals surface area contributed by atoms with E-state index in [-0.39, 0.29) is 11.8 Å². The lowest BCUT2D eigenvalue weighted by Gasteiger charge is -2.22. The molecule has 7 rings (SSSR count). The van der Waals surface area contributed by atoms with Crippen LogP contribution < -0.4 is 10.2 Å². The molecule has 1 N–H and O–H groups in total. The van der Waals surface area contributed by atoms with Gasteiger partial charge < -0.3 is 23.6 Å². The number of likely N-dealkylation sites (N-methyl/N-ethyl adjacent to an activating group) is 1. The molecular formula is C30H23N5O4. The van der Waals surface area contributed by atoms with Gasteiger partial charge in [0.1, 0.15) is 17.3 Å². The molecule has 0 unspecified atom stereocenters. The molecule has 39 heavy (non-hydrogen) atoms. The second-order valence-electron chi connectivity index (χ2n) is 9.59. The summed E-state index contributed by atoms with van der Waals surface area (Å²) in [4.78, 5) is 36.7. The summed E-state index contributed by atoms with van der Waals surface area (Å²) in [7, 11) is 1.73. The minimum atomic E-state index is -0.806. The number of fused-ring (bicyclic) bond motifs is 1. The van der Waals surface area contributed by atoms with Gasteiger partial charge in [0, 0.05) is 31.5 Å². The number of benzene rings is 3. The zero-order valence-corrected chi connectivity index (χ0v) is 21.0. The van der Waals surface area contributed by atoms with Crippen LogP contribution >= 0.6 is 0 Å². The summed E-state index contributed by atoms with van der Waals surface area (Å²) >= 11 is 0. The van der Waals surface area contributed by atoms with Crippen molar-refractivity contribution >= 4 is 39.5 Å². The van der Waals surface area contributed by atoms with Crippen LogP contribution in [0.3, 0.4) is 0 Å². The first-order valence-electron chi connectivity index (χ1n) is 12.6. The molecule has 3 aromatic heterocycles. The fourth-order valence-corrected chi connectivity index (χ4v) is 5.33. The van der Waals surface area contributed by atoms with Gasteiger partial charge in [-0.2, -0.15) is 0 Å². The summed E-state index contributed by atoms with van der Waals surface area (Å²) in [6, 6.07) is 20.6. The third kappa shape index (κ3) is 3.86. The second-order valence-corrected chi connectivity index (χ2v) is 9.59. The van der Waals surface area contributed by atoms with Crippen LogP contribution in [0.1, 0.15) is 27.6 Å². The van der Waals surface area contributed by atoms with Crippen molar-refractivity contribution in [1.29, 1.82) is 0 Å². The highest BCUT2D eigenvalue weighted by atomic mass is 16.4. The molecule has 0 spiro atoms. The maximum absolute atomic E-state index is 13.5. The van der Waals surface area contributed by atoms with E-state index in [1.807, 2.05) is 77.5 Å². The number of nitrogens with zero attached hydrogens (tertiary/aromatic N) is 4. The van der Waals surface area contributed by atoms with Crippen molar-refractivity contribution in [2.75, 3.05) is 11.9 Å². The standard InChI is InChI=1S/C30H23N5O4/c1-34-23-10-6-11-24-26(23)19(16-35(24)25-12-5-9-21-27(25)38-17-32-21)14-22(30(34)37)33-28(36)29-31-15-20(39-29)13-18-7-3-2-4-8-18/h2-12,15-17,22H,13-14H2,1H3,(H,33,36)/t22-/m0/s1. The summed E-state index contributed by atoms with van der Waals surface area (Å²) in [5.41, 5.74) is 5.96.